The number of hydrogen-bond acceptors (Lipinski definition) is 6. The minimum absolute atomic E-state index is 0.123. The lowest BCUT2D eigenvalue weighted by Gasteiger charge is -2.54. The molecule has 0 spiro atoms. The molecule has 1 aromatic heterocycles. The fraction of sp³-hybridized carbons (Fsp3) is 0.684. The van der Waals surface area contributed by atoms with Gasteiger partial charge in [0.05, 0.1) is 11.5 Å². The van der Waals surface area contributed by atoms with Crippen LogP contribution >= 0.6 is 0 Å². The molecule has 0 aromatic carbocycles. The number of esters is 1. The SMILES string of the molecule is CC(C)c1oc(=O)cc2c1[C@@H](O)[C@H]1OC(=O)[C@]3(C)CC[C@@H](O)[C@]2(C)[C@@H]13. The Bertz CT molecular complexity index is 811. The van der Waals surface area contributed by atoms with E-state index < -0.39 is 34.8 Å². The van der Waals surface area contributed by atoms with E-state index >= 15 is 0 Å². The van der Waals surface area contributed by atoms with Crippen LogP contribution in [-0.2, 0) is 14.9 Å². The van der Waals surface area contributed by atoms with E-state index in [1.165, 1.54) is 6.07 Å². The number of rotatable bonds is 1. The fourth-order valence-electron chi connectivity index (χ4n) is 5.48. The highest BCUT2D eigenvalue weighted by Crippen LogP contribution is 2.63. The molecule has 2 heterocycles. The van der Waals surface area contributed by atoms with Crippen LogP contribution in [0.2, 0.25) is 0 Å². The third-order valence-corrected chi connectivity index (χ3v) is 6.74. The second-order valence-corrected chi connectivity index (χ2v) is 8.46. The van der Waals surface area contributed by atoms with E-state index in [-0.39, 0.29) is 17.8 Å². The summed E-state index contributed by atoms with van der Waals surface area (Å²) in [5.41, 5.74) is -1.03. The average Bonchev–Trinajstić information content (AvgIpc) is 2.82. The summed E-state index contributed by atoms with van der Waals surface area (Å²) in [6, 6.07) is 1.37. The first-order valence-corrected chi connectivity index (χ1v) is 8.88. The number of carbonyl (C=O) groups excluding carboxylic acids is 1. The van der Waals surface area contributed by atoms with Crippen molar-refractivity contribution in [3.05, 3.63) is 33.4 Å². The Balaban J connectivity index is 2.07. The van der Waals surface area contributed by atoms with E-state index in [1.54, 1.807) is 0 Å². The maximum Gasteiger partial charge on any atom is 0.336 e. The van der Waals surface area contributed by atoms with Crippen molar-refractivity contribution >= 4 is 5.97 Å². The number of ether oxygens (including phenoxy) is 1. The quantitative estimate of drug-likeness (QED) is 0.751. The molecule has 1 saturated carbocycles. The summed E-state index contributed by atoms with van der Waals surface area (Å²) in [6.45, 7) is 7.48. The van der Waals surface area contributed by atoms with Crippen molar-refractivity contribution in [1.29, 1.82) is 0 Å². The van der Waals surface area contributed by atoms with Gasteiger partial charge in [-0.3, -0.25) is 4.79 Å². The van der Waals surface area contributed by atoms with Gasteiger partial charge in [0, 0.05) is 28.9 Å². The molecule has 0 unspecified atom stereocenters. The number of aliphatic hydroxyl groups is 2. The van der Waals surface area contributed by atoms with Crippen LogP contribution in [0.5, 0.6) is 0 Å². The van der Waals surface area contributed by atoms with Gasteiger partial charge < -0.3 is 19.4 Å². The molecular weight excluding hydrogens is 324 g/mol. The lowest BCUT2D eigenvalue weighted by molar-refractivity contribution is -0.151. The second-order valence-electron chi connectivity index (χ2n) is 8.46. The molecule has 2 aliphatic carbocycles. The zero-order valence-corrected chi connectivity index (χ0v) is 14.9. The van der Waals surface area contributed by atoms with E-state index in [4.69, 9.17) is 9.15 Å². The molecule has 2 fully saturated rings. The predicted molar refractivity (Wildman–Crippen MR) is 88.1 cm³/mol. The molecule has 1 aliphatic heterocycles. The largest absolute Gasteiger partial charge is 0.458 e. The van der Waals surface area contributed by atoms with Crippen LogP contribution in [0, 0.1) is 11.3 Å². The zero-order valence-electron chi connectivity index (χ0n) is 14.9. The fourth-order valence-corrected chi connectivity index (χ4v) is 5.48. The van der Waals surface area contributed by atoms with Crippen molar-refractivity contribution in [3.63, 3.8) is 0 Å². The van der Waals surface area contributed by atoms with E-state index in [0.29, 0.717) is 29.7 Å². The molecule has 6 nitrogen and oxygen atoms in total. The summed E-state index contributed by atoms with van der Waals surface area (Å²) in [4.78, 5) is 24.8. The summed E-state index contributed by atoms with van der Waals surface area (Å²) >= 11 is 0. The van der Waals surface area contributed by atoms with Crippen LogP contribution < -0.4 is 5.63 Å². The molecule has 6 atom stereocenters. The number of aliphatic hydroxyl groups excluding tert-OH is 2. The van der Waals surface area contributed by atoms with Crippen molar-refractivity contribution in [2.24, 2.45) is 11.3 Å². The maximum atomic E-state index is 12.6. The standard InChI is InChI=1S/C19H24O6/c1-8(2)14-12-9(7-11(21)24-14)19(4)10(20)5-6-18(3)16(19)15(13(12)22)25-17(18)23/h7-8,10,13,15-16,20,22H,5-6H2,1-4H3/t10-,13-,15-,16+,18-,19-/m1/s1. The molecule has 0 amide bonds. The van der Waals surface area contributed by atoms with Gasteiger partial charge >= 0.3 is 11.6 Å². The van der Waals surface area contributed by atoms with Gasteiger partial charge in [-0.25, -0.2) is 4.79 Å². The number of hydrogen-bond donors (Lipinski definition) is 2. The molecule has 136 valence electrons. The van der Waals surface area contributed by atoms with Crippen molar-refractivity contribution < 1.29 is 24.2 Å². The molecule has 6 heteroatoms. The van der Waals surface area contributed by atoms with Crippen LogP contribution in [0.3, 0.4) is 0 Å². The first-order valence-electron chi connectivity index (χ1n) is 8.88. The number of fused-ring (bicyclic) bond motifs is 2. The average molecular weight is 348 g/mol. The van der Waals surface area contributed by atoms with E-state index in [1.807, 2.05) is 27.7 Å². The highest BCUT2D eigenvalue weighted by Gasteiger charge is 2.69. The molecule has 2 N–H and O–H groups in total. The van der Waals surface area contributed by atoms with Crippen molar-refractivity contribution in [3.8, 4) is 0 Å². The highest BCUT2D eigenvalue weighted by molar-refractivity contribution is 5.81. The maximum absolute atomic E-state index is 12.6. The molecule has 25 heavy (non-hydrogen) atoms. The third kappa shape index (κ3) is 1.87. The van der Waals surface area contributed by atoms with E-state index in [9.17, 15) is 19.8 Å². The van der Waals surface area contributed by atoms with Crippen molar-refractivity contribution in [1.82, 2.24) is 0 Å². The van der Waals surface area contributed by atoms with Gasteiger partial charge in [-0.05, 0) is 25.3 Å². The summed E-state index contributed by atoms with van der Waals surface area (Å²) in [5, 5.41) is 21.9. The Morgan fingerprint density at radius 2 is 1.92 bits per heavy atom. The van der Waals surface area contributed by atoms with Crippen LogP contribution in [0.15, 0.2) is 15.3 Å². The minimum atomic E-state index is -1.06. The van der Waals surface area contributed by atoms with Gasteiger partial charge in [0.25, 0.3) is 0 Å². The van der Waals surface area contributed by atoms with Crippen LogP contribution in [0.25, 0.3) is 0 Å². The Morgan fingerprint density at radius 3 is 2.56 bits per heavy atom. The van der Waals surface area contributed by atoms with Crippen LogP contribution in [0.4, 0.5) is 0 Å². The zero-order chi connectivity index (χ0) is 18.3. The summed E-state index contributed by atoms with van der Waals surface area (Å²) < 4.78 is 11.0. The lowest BCUT2D eigenvalue weighted by atomic mass is 9.48. The minimum Gasteiger partial charge on any atom is -0.458 e. The van der Waals surface area contributed by atoms with Crippen molar-refractivity contribution in [2.45, 2.75) is 70.2 Å². The van der Waals surface area contributed by atoms with Gasteiger partial charge in [0.15, 0.2) is 0 Å². The van der Waals surface area contributed by atoms with Gasteiger partial charge in [-0.15, -0.1) is 0 Å². The summed E-state index contributed by atoms with van der Waals surface area (Å²) in [5.74, 6) is -0.447. The van der Waals surface area contributed by atoms with E-state index in [0.717, 1.165) is 0 Å². The third-order valence-electron chi connectivity index (χ3n) is 6.74. The van der Waals surface area contributed by atoms with E-state index in [2.05, 4.69) is 0 Å². The molecular formula is C19H24O6. The number of carbonyl (C=O) groups is 1. The van der Waals surface area contributed by atoms with Gasteiger partial charge in [-0.1, -0.05) is 20.8 Å². The normalized spacial score (nSPS) is 42.1. The van der Waals surface area contributed by atoms with Gasteiger partial charge in [0.2, 0.25) is 0 Å². The Kier molecular flexibility index (Phi) is 3.32. The Hall–Kier alpha value is -1.66. The van der Waals surface area contributed by atoms with Crippen LogP contribution in [0.1, 0.15) is 69.4 Å². The molecule has 4 rings (SSSR count). The van der Waals surface area contributed by atoms with Gasteiger partial charge in [0.1, 0.15) is 18.0 Å². The lowest BCUT2D eigenvalue weighted by Crippen LogP contribution is -2.60. The molecule has 1 aromatic rings. The van der Waals surface area contributed by atoms with Gasteiger partial charge in [-0.2, -0.15) is 0 Å². The first-order chi connectivity index (χ1) is 11.6. The van der Waals surface area contributed by atoms with Crippen LogP contribution in [-0.4, -0.2) is 28.4 Å². The molecule has 0 radical (unpaired) electrons. The Morgan fingerprint density at radius 1 is 1.24 bits per heavy atom. The monoisotopic (exact) mass is 348 g/mol. The second kappa shape index (κ2) is 4.95. The first kappa shape index (κ1) is 16.8. The Labute approximate surface area is 145 Å². The predicted octanol–water partition coefficient (Wildman–Crippen LogP) is 1.77. The molecule has 3 aliphatic rings. The highest BCUT2D eigenvalue weighted by atomic mass is 16.6. The summed E-state index contributed by atoms with van der Waals surface area (Å²) in [6.07, 6.45) is -1.58. The molecule has 0 bridgehead atoms. The summed E-state index contributed by atoms with van der Waals surface area (Å²) in [7, 11) is 0. The topological polar surface area (TPSA) is 97.0 Å². The molecule has 1 saturated heterocycles. The smallest absolute Gasteiger partial charge is 0.336 e. The van der Waals surface area contributed by atoms with Crippen molar-refractivity contribution in [2.75, 3.05) is 0 Å².